The highest BCUT2D eigenvalue weighted by Crippen LogP contribution is 2.34. The van der Waals surface area contributed by atoms with Crippen LogP contribution in [-0.2, 0) is 4.79 Å². The maximum absolute atomic E-state index is 12.7. The summed E-state index contributed by atoms with van der Waals surface area (Å²) >= 11 is 8.46. The summed E-state index contributed by atoms with van der Waals surface area (Å²) < 4.78 is 6.14. The fraction of sp³-hybridized carbons (Fsp3) is 0.0556. The second-order valence-corrected chi connectivity index (χ2v) is 7.91. The Morgan fingerprint density at radius 3 is 2.52 bits per heavy atom. The Kier molecular flexibility index (Phi) is 5.55. The summed E-state index contributed by atoms with van der Waals surface area (Å²) in [7, 11) is 1.59. The van der Waals surface area contributed by atoms with E-state index < -0.39 is 11.8 Å². The predicted octanol–water partition coefficient (Wildman–Crippen LogP) is 4.34. The monoisotopic (exact) mass is 481 g/mol. The van der Waals surface area contributed by atoms with Gasteiger partial charge in [0.25, 0.3) is 11.8 Å². The lowest BCUT2D eigenvalue weighted by atomic mass is 10.2. The fourth-order valence-corrected chi connectivity index (χ4v) is 4.12. The summed E-state index contributed by atoms with van der Waals surface area (Å²) in [5.74, 6) is -0.0559. The molecule has 0 atom stereocenters. The van der Waals surface area contributed by atoms with Crippen molar-refractivity contribution < 1.29 is 14.3 Å². The van der Waals surface area contributed by atoms with Crippen molar-refractivity contribution in [3.8, 4) is 5.75 Å². The molecule has 2 amide bonds. The first-order valence-corrected chi connectivity index (χ1v) is 9.52. The van der Waals surface area contributed by atoms with Crippen molar-refractivity contribution in [3.63, 3.8) is 0 Å². The third kappa shape index (κ3) is 3.78. The molecule has 4 nitrogen and oxygen atoms in total. The molecule has 0 spiro atoms. The summed E-state index contributed by atoms with van der Waals surface area (Å²) in [6.07, 6.45) is 1.72. The van der Waals surface area contributed by atoms with Gasteiger partial charge in [-0.05, 0) is 58.5 Å². The van der Waals surface area contributed by atoms with Gasteiger partial charge in [-0.25, -0.2) is 4.90 Å². The molecular weight excluding hydrogens is 469 g/mol. The topological polar surface area (TPSA) is 46.6 Å². The van der Waals surface area contributed by atoms with Crippen molar-refractivity contribution in [2.45, 2.75) is 0 Å². The van der Waals surface area contributed by atoms with Gasteiger partial charge in [0.15, 0.2) is 4.32 Å². The SMILES string of the molecule is COc1ccc(/C=C2/SC(=S)N(C(=O)c3ccccc3I)C2=O)cc1. The number of halogens is 1. The van der Waals surface area contributed by atoms with Crippen LogP contribution in [0.1, 0.15) is 15.9 Å². The van der Waals surface area contributed by atoms with Gasteiger partial charge in [-0.3, -0.25) is 9.59 Å². The Morgan fingerprint density at radius 2 is 1.88 bits per heavy atom. The highest BCUT2D eigenvalue weighted by molar-refractivity contribution is 14.1. The van der Waals surface area contributed by atoms with Gasteiger partial charge in [-0.1, -0.05) is 48.2 Å². The van der Waals surface area contributed by atoms with E-state index in [4.69, 9.17) is 17.0 Å². The van der Waals surface area contributed by atoms with E-state index in [-0.39, 0.29) is 4.32 Å². The van der Waals surface area contributed by atoms with Crippen LogP contribution >= 0.6 is 46.6 Å². The number of methoxy groups -OCH3 is 1. The molecule has 0 N–H and O–H groups in total. The Bertz CT molecular complexity index is 893. The van der Waals surface area contributed by atoms with Crippen LogP contribution in [0.25, 0.3) is 6.08 Å². The summed E-state index contributed by atoms with van der Waals surface area (Å²) in [5, 5.41) is 0. The first kappa shape index (κ1) is 18.1. The molecule has 7 heteroatoms. The van der Waals surface area contributed by atoms with Gasteiger partial charge in [0.2, 0.25) is 0 Å². The molecule has 126 valence electrons. The Hall–Kier alpha value is -1.71. The number of benzene rings is 2. The summed E-state index contributed by atoms with van der Waals surface area (Å²) in [4.78, 5) is 26.9. The number of thioether (sulfide) groups is 1. The first-order valence-electron chi connectivity index (χ1n) is 7.22. The van der Waals surface area contributed by atoms with Crippen molar-refractivity contribution in [3.05, 3.63) is 68.1 Å². The average Bonchev–Trinajstić information content (AvgIpc) is 2.89. The number of nitrogens with zero attached hydrogens (tertiary/aromatic N) is 1. The highest BCUT2D eigenvalue weighted by atomic mass is 127. The molecule has 1 aliphatic rings. The van der Waals surface area contributed by atoms with E-state index in [0.717, 1.165) is 31.5 Å². The maximum atomic E-state index is 12.7. The molecule has 0 saturated carbocycles. The van der Waals surface area contributed by atoms with Crippen molar-refractivity contribution in [1.82, 2.24) is 4.90 Å². The number of carbonyl (C=O) groups excluding carboxylic acids is 2. The number of rotatable bonds is 3. The van der Waals surface area contributed by atoms with Crippen molar-refractivity contribution in [2.75, 3.05) is 7.11 Å². The number of amides is 2. The van der Waals surface area contributed by atoms with Gasteiger partial charge in [-0.2, -0.15) is 0 Å². The zero-order valence-electron chi connectivity index (χ0n) is 13.1. The van der Waals surface area contributed by atoms with Crippen LogP contribution in [0.2, 0.25) is 0 Å². The lowest BCUT2D eigenvalue weighted by Crippen LogP contribution is -2.35. The molecule has 1 aliphatic heterocycles. The van der Waals surface area contributed by atoms with Gasteiger partial charge < -0.3 is 4.74 Å². The zero-order chi connectivity index (χ0) is 18.0. The molecule has 2 aromatic carbocycles. The van der Waals surface area contributed by atoms with Gasteiger partial charge >= 0.3 is 0 Å². The van der Waals surface area contributed by atoms with Crippen LogP contribution in [0.15, 0.2) is 53.4 Å². The highest BCUT2D eigenvalue weighted by Gasteiger charge is 2.37. The Balaban J connectivity index is 1.88. The summed E-state index contributed by atoms with van der Waals surface area (Å²) in [6.45, 7) is 0. The van der Waals surface area contributed by atoms with E-state index >= 15 is 0 Å². The number of thiocarbonyl (C=S) groups is 1. The molecule has 0 aromatic heterocycles. The number of hydrogen-bond donors (Lipinski definition) is 0. The Labute approximate surface area is 168 Å². The molecule has 0 bridgehead atoms. The average molecular weight is 481 g/mol. The molecule has 1 saturated heterocycles. The second-order valence-electron chi connectivity index (χ2n) is 5.08. The van der Waals surface area contributed by atoms with Crippen molar-refractivity contribution in [1.29, 1.82) is 0 Å². The normalized spacial score (nSPS) is 15.8. The van der Waals surface area contributed by atoms with E-state index in [0.29, 0.717) is 10.5 Å². The van der Waals surface area contributed by atoms with Crippen LogP contribution in [0, 0.1) is 3.57 Å². The van der Waals surface area contributed by atoms with Crippen LogP contribution < -0.4 is 4.74 Å². The van der Waals surface area contributed by atoms with Crippen molar-refractivity contribution in [2.24, 2.45) is 0 Å². The maximum Gasteiger partial charge on any atom is 0.273 e. The van der Waals surface area contributed by atoms with Crippen LogP contribution in [0.5, 0.6) is 5.75 Å². The lowest BCUT2D eigenvalue weighted by Gasteiger charge is -2.13. The zero-order valence-corrected chi connectivity index (χ0v) is 16.9. The molecule has 1 heterocycles. The molecule has 0 aliphatic carbocycles. The molecule has 2 aromatic rings. The standard InChI is InChI=1S/C18H12INO3S2/c1-23-12-8-6-11(7-9-12)10-15-17(22)20(18(24)25-15)16(21)13-4-2-3-5-14(13)19/h2-10H,1H3/b15-10+. The largest absolute Gasteiger partial charge is 0.497 e. The van der Waals surface area contributed by atoms with Gasteiger partial charge in [0.1, 0.15) is 5.75 Å². The van der Waals surface area contributed by atoms with E-state index in [1.165, 1.54) is 0 Å². The molecule has 1 fully saturated rings. The van der Waals surface area contributed by atoms with E-state index in [1.54, 1.807) is 25.3 Å². The Morgan fingerprint density at radius 1 is 1.20 bits per heavy atom. The van der Waals surface area contributed by atoms with Gasteiger partial charge in [0, 0.05) is 3.57 Å². The number of hydrogen-bond acceptors (Lipinski definition) is 5. The minimum atomic E-state index is -0.398. The lowest BCUT2D eigenvalue weighted by molar-refractivity contribution is -0.120. The van der Waals surface area contributed by atoms with Crippen molar-refractivity contribution >= 4 is 68.8 Å². The van der Waals surface area contributed by atoms with E-state index in [2.05, 4.69) is 22.6 Å². The second kappa shape index (κ2) is 7.67. The fourth-order valence-electron chi connectivity index (χ4n) is 2.25. The number of ether oxygens (including phenoxy) is 1. The smallest absolute Gasteiger partial charge is 0.273 e. The summed E-state index contributed by atoms with van der Waals surface area (Å²) in [5.41, 5.74) is 1.30. The third-order valence-corrected chi connectivity index (χ3v) is 5.76. The van der Waals surface area contributed by atoms with Crippen LogP contribution in [0.4, 0.5) is 0 Å². The number of imide groups is 1. The van der Waals surface area contributed by atoms with E-state index in [9.17, 15) is 9.59 Å². The molecule has 3 rings (SSSR count). The minimum Gasteiger partial charge on any atom is -0.497 e. The van der Waals surface area contributed by atoms with Crippen LogP contribution in [-0.4, -0.2) is 28.1 Å². The predicted molar refractivity (Wildman–Crippen MR) is 111 cm³/mol. The first-order chi connectivity index (χ1) is 12.0. The van der Waals surface area contributed by atoms with E-state index in [1.807, 2.05) is 36.4 Å². The van der Waals surface area contributed by atoms with Gasteiger partial charge in [-0.15, -0.1) is 0 Å². The van der Waals surface area contributed by atoms with Gasteiger partial charge in [0.05, 0.1) is 17.6 Å². The molecule has 0 unspecified atom stereocenters. The molecule has 25 heavy (non-hydrogen) atoms. The van der Waals surface area contributed by atoms with Crippen LogP contribution in [0.3, 0.4) is 0 Å². The third-order valence-electron chi connectivity index (χ3n) is 3.51. The molecular formula is C18H12INO3S2. The molecule has 0 radical (unpaired) electrons. The minimum absolute atomic E-state index is 0.245. The summed E-state index contributed by atoms with van der Waals surface area (Å²) in [6, 6.07) is 14.4. The number of carbonyl (C=O) groups is 2. The quantitative estimate of drug-likeness (QED) is 0.283.